The summed E-state index contributed by atoms with van der Waals surface area (Å²) in [5.41, 5.74) is 3.70. The largest absolute Gasteiger partial charge is 0.450 e. The van der Waals surface area contributed by atoms with Gasteiger partial charge in [0.05, 0.1) is 18.0 Å². The minimum absolute atomic E-state index is 0. The number of alkyl carbamates (subject to hydrolysis) is 1. The number of H-pyrrole nitrogens is 1. The molecule has 12 heteroatoms. The molecule has 0 aliphatic carbocycles. The highest BCUT2D eigenvalue weighted by molar-refractivity contribution is 6.47. The number of rotatable bonds is 7. The number of hydrazone groups is 1. The molecule has 0 aliphatic rings. The van der Waals surface area contributed by atoms with E-state index in [2.05, 4.69) is 25.5 Å². The number of imide groups is 1. The number of nitriles is 1. The van der Waals surface area contributed by atoms with Crippen molar-refractivity contribution in [3.63, 3.8) is 0 Å². The Kier molecular flexibility index (Phi) is 14.0. The lowest BCUT2D eigenvalue weighted by molar-refractivity contribution is -0.114. The number of anilines is 1. The number of halogens is 2. The van der Waals surface area contributed by atoms with Crippen LogP contribution in [-0.4, -0.2) is 34.5 Å². The third-order valence-corrected chi connectivity index (χ3v) is 4.79. The summed E-state index contributed by atoms with van der Waals surface area (Å²) in [7, 11) is 0. The van der Waals surface area contributed by atoms with E-state index >= 15 is 0 Å². The molecule has 1 aromatic heterocycles. The highest BCUT2D eigenvalue weighted by Gasteiger charge is 2.16. The molecular weight excluding hydrogens is 495 g/mol. The Hall–Kier alpha value is -3.42. The minimum atomic E-state index is -1.03. The molecule has 10 nitrogen and oxygen atoms in total. The standard InChI is InChI=1S/C20H20Cl2N6O4.C2H6.CH4/c1-4-32-20(31)24-19(30)17(9-23)27-25-12-7-15(21)14(16(22)8-12)6-11-5-13(10(2)3)18(29)28-26-11;1-2;/h5,7-8,10,25H,4,6H2,1-3H3,(H,28,29)(H,24,30,31);1-2H3;1H4/b27-17-;;. The van der Waals surface area contributed by atoms with Gasteiger partial charge in [-0.1, -0.05) is 58.3 Å². The lowest BCUT2D eigenvalue weighted by Crippen LogP contribution is -2.36. The van der Waals surface area contributed by atoms with Crippen LogP contribution < -0.4 is 16.3 Å². The van der Waals surface area contributed by atoms with E-state index < -0.39 is 17.7 Å². The molecule has 2 amide bonds. The maximum Gasteiger partial charge on any atom is 0.414 e. The molecule has 0 saturated heterocycles. The van der Waals surface area contributed by atoms with Gasteiger partial charge in [-0.3, -0.25) is 20.3 Å². The number of hydrogen-bond donors (Lipinski definition) is 3. The van der Waals surface area contributed by atoms with Gasteiger partial charge in [0, 0.05) is 22.0 Å². The number of hydrogen-bond acceptors (Lipinski definition) is 8. The normalized spacial score (nSPS) is 10.3. The van der Waals surface area contributed by atoms with E-state index in [0.717, 1.165) is 0 Å². The first-order valence-corrected chi connectivity index (χ1v) is 11.2. The number of aromatic amines is 1. The number of ether oxygens (including phenoxy) is 1. The van der Waals surface area contributed by atoms with Gasteiger partial charge in [-0.05, 0) is 36.6 Å². The summed E-state index contributed by atoms with van der Waals surface area (Å²) in [6.45, 7) is 9.43. The molecule has 0 bridgehead atoms. The van der Waals surface area contributed by atoms with Crippen molar-refractivity contribution in [1.82, 2.24) is 15.5 Å². The van der Waals surface area contributed by atoms with Gasteiger partial charge in [-0.15, -0.1) is 0 Å². The lowest BCUT2D eigenvalue weighted by atomic mass is 10.0. The lowest BCUT2D eigenvalue weighted by Gasteiger charge is -2.11. The van der Waals surface area contributed by atoms with Crippen LogP contribution in [0.15, 0.2) is 28.1 Å². The zero-order valence-corrected chi connectivity index (χ0v) is 21.0. The van der Waals surface area contributed by atoms with E-state index in [9.17, 15) is 14.4 Å². The molecule has 0 saturated carbocycles. The fourth-order valence-corrected chi connectivity index (χ4v) is 3.19. The van der Waals surface area contributed by atoms with E-state index in [1.54, 1.807) is 19.1 Å². The number of amides is 2. The number of aromatic nitrogens is 2. The van der Waals surface area contributed by atoms with Crippen molar-refractivity contribution in [1.29, 1.82) is 5.26 Å². The molecule has 3 N–H and O–H groups in total. The Balaban J connectivity index is 0.00000375. The predicted octanol–water partition coefficient (Wildman–Crippen LogP) is 5.02. The molecule has 0 atom stereocenters. The number of carbonyl (C=O) groups is 2. The molecule has 1 heterocycles. The first kappa shape index (κ1) is 31.6. The molecule has 1 aromatic carbocycles. The quantitative estimate of drug-likeness (QED) is 0.339. The first-order valence-electron chi connectivity index (χ1n) is 10.4. The van der Waals surface area contributed by atoms with Crippen LogP contribution in [0.3, 0.4) is 0 Å². The van der Waals surface area contributed by atoms with E-state index in [4.69, 9.17) is 28.5 Å². The predicted molar refractivity (Wildman–Crippen MR) is 138 cm³/mol. The van der Waals surface area contributed by atoms with Crippen LogP contribution in [0, 0.1) is 11.3 Å². The Morgan fingerprint density at radius 1 is 1.23 bits per heavy atom. The van der Waals surface area contributed by atoms with Gasteiger partial charge < -0.3 is 4.74 Å². The Labute approximate surface area is 214 Å². The Morgan fingerprint density at radius 3 is 2.34 bits per heavy atom. The second kappa shape index (κ2) is 15.5. The highest BCUT2D eigenvalue weighted by Crippen LogP contribution is 2.31. The van der Waals surface area contributed by atoms with Crippen LogP contribution in [-0.2, 0) is 16.0 Å². The third kappa shape index (κ3) is 9.39. The van der Waals surface area contributed by atoms with Crippen molar-refractivity contribution in [3.05, 3.63) is 55.4 Å². The van der Waals surface area contributed by atoms with Gasteiger partial charge in [0.15, 0.2) is 0 Å². The van der Waals surface area contributed by atoms with E-state index in [-0.39, 0.29) is 42.0 Å². The van der Waals surface area contributed by atoms with Crippen LogP contribution >= 0.6 is 23.2 Å². The molecule has 2 aromatic rings. The Morgan fingerprint density at radius 2 is 1.83 bits per heavy atom. The second-order valence-electron chi connectivity index (χ2n) is 6.75. The summed E-state index contributed by atoms with van der Waals surface area (Å²) in [6.07, 6.45) is -0.726. The number of nitrogens with one attached hydrogen (secondary N) is 3. The van der Waals surface area contributed by atoms with Crippen LogP contribution in [0.2, 0.25) is 10.0 Å². The van der Waals surface area contributed by atoms with E-state index in [1.165, 1.54) is 12.1 Å². The fourth-order valence-electron chi connectivity index (χ4n) is 2.57. The number of benzene rings is 1. The highest BCUT2D eigenvalue weighted by atomic mass is 35.5. The Bertz CT molecular complexity index is 1130. The molecule has 0 fully saturated rings. The SMILES string of the molecule is C.CC.CCOC(=O)NC(=O)/C(C#N)=N\Nc1cc(Cl)c(Cc2cc(C(C)C)c(=O)[nH]n2)c(Cl)c1. The summed E-state index contributed by atoms with van der Waals surface area (Å²) in [5.74, 6) is -1.01. The second-order valence-corrected chi connectivity index (χ2v) is 7.57. The van der Waals surface area contributed by atoms with Crippen molar-refractivity contribution in [2.45, 2.75) is 54.4 Å². The average molecular weight is 525 g/mol. The average Bonchev–Trinajstić information content (AvgIpc) is 2.79. The molecular formula is C23H30Cl2N6O4. The summed E-state index contributed by atoms with van der Waals surface area (Å²) >= 11 is 12.7. The molecule has 0 unspecified atom stereocenters. The number of carbonyl (C=O) groups excluding carboxylic acids is 2. The first-order chi connectivity index (χ1) is 16.2. The summed E-state index contributed by atoms with van der Waals surface area (Å²) < 4.78 is 4.58. The zero-order valence-electron chi connectivity index (χ0n) is 19.5. The van der Waals surface area contributed by atoms with Gasteiger partial charge in [0.25, 0.3) is 11.5 Å². The monoisotopic (exact) mass is 524 g/mol. The van der Waals surface area contributed by atoms with Gasteiger partial charge in [0.2, 0.25) is 5.71 Å². The smallest absolute Gasteiger partial charge is 0.414 e. The molecule has 2 rings (SSSR count). The van der Waals surface area contributed by atoms with Gasteiger partial charge in [-0.2, -0.15) is 15.5 Å². The minimum Gasteiger partial charge on any atom is -0.450 e. The molecule has 190 valence electrons. The van der Waals surface area contributed by atoms with Gasteiger partial charge >= 0.3 is 6.09 Å². The van der Waals surface area contributed by atoms with Gasteiger partial charge in [0.1, 0.15) is 6.07 Å². The van der Waals surface area contributed by atoms with Crippen LogP contribution in [0.4, 0.5) is 10.5 Å². The van der Waals surface area contributed by atoms with Crippen molar-refractivity contribution in [2.24, 2.45) is 5.10 Å². The van der Waals surface area contributed by atoms with Crippen molar-refractivity contribution < 1.29 is 14.3 Å². The molecule has 35 heavy (non-hydrogen) atoms. The van der Waals surface area contributed by atoms with Crippen molar-refractivity contribution in [3.8, 4) is 6.07 Å². The van der Waals surface area contributed by atoms with Crippen LogP contribution in [0.5, 0.6) is 0 Å². The topological polar surface area (TPSA) is 149 Å². The van der Waals surface area contributed by atoms with Crippen molar-refractivity contribution in [2.75, 3.05) is 12.0 Å². The van der Waals surface area contributed by atoms with Crippen LogP contribution in [0.1, 0.15) is 64.8 Å². The van der Waals surface area contributed by atoms with Crippen molar-refractivity contribution >= 4 is 46.6 Å². The fraction of sp³-hybridized carbons (Fsp3) is 0.391. The maximum atomic E-state index is 11.9. The third-order valence-electron chi connectivity index (χ3n) is 4.12. The maximum absolute atomic E-state index is 11.9. The van der Waals surface area contributed by atoms with Gasteiger partial charge in [-0.25, -0.2) is 9.89 Å². The summed E-state index contributed by atoms with van der Waals surface area (Å²) in [4.78, 5) is 35.1. The summed E-state index contributed by atoms with van der Waals surface area (Å²) in [6, 6.07) is 6.28. The molecule has 0 radical (unpaired) electrons. The number of nitrogens with zero attached hydrogens (tertiary/aromatic N) is 3. The molecule has 0 aliphatic heterocycles. The molecule has 0 spiro atoms. The summed E-state index contributed by atoms with van der Waals surface area (Å²) in [5, 5.41) is 21.7. The van der Waals surface area contributed by atoms with E-state index in [1.807, 2.05) is 33.0 Å². The zero-order chi connectivity index (χ0) is 25.8. The van der Waals surface area contributed by atoms with E-state index in [0.29, 0.717) is 22.5 Å². The van der Waals surface area contributed by atoms with Crippen LogP contribution in [0.25, 0.3) is 0 Å².